The van der Waals surface area contributed by atoms with Crippen molar-refractivity contribution >= 4 is 5.78 Å². The number of hydrogen-bond donors (Lipinski definition) is 0. The summed E-state index contributed by atoms with van der Waals surface area (Å²) in [6.45, 7) is 1.85. The molecule has 0 saturated carbocycles. The van der Waals surface area contributed by atoms with Gasteiger partial charge >= 0.3 is 0 Å². The van der Waals surface area contributed by atoms with Crippen molar-refractivity contribution in [3.8, 4) is 6.01 Å². The first kappa shape index (κ1) is 14.9. The minimum absolute atomic E-state index is 0.104. The molecule has 2 aromatic rings. The maximum Gasteiger partial charge on any atom is 0.299 e. The molecule has 21 heavy (non-hydrogen) atoms. The molecule has 0 atom stereocenters. The molecule has 1 heterocycles. The molecule has 0 aliphatic heterocycles. The lowest BCUT2D eigenvalue weighted by Crippen LogP contribution is -2.24. The predicted octanol–water partition coefficient (Wildman–Crippen LogP) is 1.97. The Morgan fingerprint density at radius 3 is 2.62 bits per heavy atom. The molecular formula is C15H15FN2O3. The van der Waals surface area contributed by atoms with E-state index in [0.717, 1.165) is 0 Å². The maximum absolute atomic E-state index is 12.8. The lowest BCUT2D eigenvalue weighted by molar-refractivity contribution is 0.0975. The van der Waals surface area contributed by atoms with Crippen molar-refractivity contribution in [3.05, 3.63) is 57.8 Å². The summed E-state index contributed by atoms with van der Waals surface area (Å²) in [6.07, 6.45) is 0.104. The normalized spacial score (nSPS) is 10.4. The van der Waals surface area contributed by atoms with Crippen molar-refractivity contribution in [2.75, 3.05) is 7.11 Å². The number of hydrogen-bond acceptors (Lipinski definition) is 4. The summed E-state index contributed by atoms with van der Waals surface area (Å²) in [7, 11) is 1.42. The topological polar surface area (TPSA) is 61.2 Å². The highest BCUT2D eigenvalue weighted by molar-refractivity contribution is 5.95. The van der Waals surface area contributed by atoms with Crippen LogP contribution in [0.2, 0.25) is 0 Å². The number of benzene rings is 1. The molecule has 0 fully saturated rings. The van der Waals surface area contributed by atoms with E-state index in [1.54, 1.807) is 6.92 Å². The average Bonchev–Trinajstić information content (AvgIpc) is 2.46. The third-order valence-electron chi connectivity index (χ3n) is 3.01. The van der Waals surface area contributed by atoms with Crippen LogP contribution in [0.25, 0.3) is 0 Å². The molecule has 0 N–H and O–H groups in total. The lowest BCUT2D eigenvalue weighted by atomic mass is 10.1. The molecule has 2 rings (SSSR count). The molecule has 110 valence electrons. The van der Waals surface area contributed by atoms with Gasteiger partial charge in [-0.15, -0.1) is 0 Å². The molecule has 0 aliphatic carbocycles. The van der Waals surface area contributed by atoms with Crippen LogP contribution in [0.15, 0.2) is 35.1 Å². The molecule has 0 amide bonds. The van der Waals surface area contributed by atoms with Gasteiger partial charge in [-0.25, -0.2) is 9.37 Å². The molecule has 5 nitrogen and oxygen atoms in total. The number of aromatic nitrogens is 2. The highest BCUT2D eigenvalue weighted by Crippen LogP contribution is 2.09. The summed E-state index contributed by atoms with van der Waals surface area (Å²) in [4.78, 5) is 28.0. The van der Waals surface area contributed by atoms with E-state index in [-0.39, 0.29) is 30.3 Å². The highest BCUT2D eigenvalue weighted by atomic mass is 19.1. The van der Waals surface area contributed by atoms with Gasteiger partial charge in [0.25, 0.3) is 11.6 Å². The average molecular weight is 290 g/mol. The van der Waals surface area contributed by atoms with Gasteiger partial charge in [0, 0.05) is 30.3 Å². The molecule has 1 aromatic heterocycles. The SMILES string of the molecule is COc1nc(C)cc(=O)n1CCC(=O)c1ccc(F)cc1. The van der Waals surface area contributed by atoms with Crippen LogP contribution in [0.4, 0.5) is 4.39 Å². The summed E-state index contributed by atoms with van der Waals surface area (Å²) in [5, 5.41) is 0. The van der Waals surface area contributed by atoms with Gasteiger partial charge in [-0.3, -0.25) is 14.2 Å². The van der Waals surface area contributed by atoms with Crippen molar-refractivity contribution < 1.29 is 13.9 Å². The Labute approximate surface area is 121 Å². The number of ketones is 1. The number of ether oxygens (including phenoxy) is 1. The van der Waals surface area contributed by atoms with Gasteiger partial charge in [0.2, 0.25) is 0 Å². The number of aryl methyl sites for hydroxylation is 1. The molecule has 0 unspecified atom stereocenters. The first-order valence-corrected chi connectivity index (χ1v) is 6.42. The number of rotatable bonds is 5. The van der Waals surface area contributed by atoms with Gasteiger partial charge < -0.3 is 4.74 Å². The number of nitrogens with zero attached hydrogens (tertiary/aromatic N) is 2. The zero-order valence-electron chi connectivity index (χ0n) is 11.8. The number of methoxy groups -OCH3 is 1. The second-order valence-electron chi connectivity index (χ2n) is 4.55. The van der Waals surface area contributed by atoms with Crippen molar-refractivity contribution in [1.29, 1.82) is 0 Å². The van der Waals surface area contributed by atoms with Gasteiger partial charge in [-0.1, -0.05) is 0 Å². The Morgan fingerprint density at radius 1 is 1.33 bits per heavy atom. The van der Waals surface area contributed by atoms with E-state index < -0.39 is 5.82 Å². The van der Waals surface area contributed by atoms with Crippen LogP contribution >= 0.6 is 0 Å². The van der Waals surface area contributed by atoms with Gasteiger partial charge in [-0.05, 0) is 31.2 Å². The Bertz CT molecular complexity index is 708. The van der Waals surface area contributed by atoms with E-state index in [2.05, 4.69) is 4.98 Å². The molecule has 0 saturated heterocycles. The van der Waals surface area contributed by atoms with E-state index in [4.69, 9.17) is 4.74 Å². The minimum atomic E-state index is -0.396. The van der Waals surface area contributed by atoms with Gasteiger partial charge in [0.1, 0.15) is 5.82 Å². The summed E-state index contributed by atoms with van der Waals surface area (Å²) in [5.41, 5.74) is 0.688. The molecule has 6 heteroatoms. The van der Waals surface area contributed by atoms with Crippen molar-refractivity contribution in [3.63, 3.8) is 0 Å². The van der Waals surface area contributed by atoms with Crippen LogP contribution < -0.4 is 10.3 Å². The Morgan fingerprint density at radius 2 is 2.00 bits per heavy atom. The van der Waals surface area contributed by atoms with E-state index in [9.17, 15) is 14.0 Å². The van der Waals surface area contributed by atoms with Gasteiger partial charge in [-0.2, -0.15) is 0 Å². The third-order valence-corrected chi connectivity index (χ3v) is 3.01. The molecule has 0 aliphatic rings. The molecule has 0 radical (unpaired) electrons. The lowest BCUT2D eigenvalue weighted by Gasteiger charge is -2.10. The number of carbonyl (C=O) groups excluding carboxylic acids is 1. The van der Waals surface area contributed by atoms with Gasteiger partial charge in [0.15, 0.2) is 5.78 Å². The van der Waals surface area contributed by atoms with Gasteiger partial charge in [0.05, 0.1) is 7.11 Å². The van der Waals surface area contributed by atoms with Crippen LogP contribution in [0, 0.1) is 12.7 Å². The quantitative estimate of drug-likeness (QED) is 0.790. The fraction of sp³-hybridized carbons (Fsp3) is 0.267. The number of carbonyl (C=O) groups is 1. The van der Waals surface area contributed by atoms with Crippen LogP contribution in [0.1, 0.15) is 22.5 Å². The Hall–Kier alpha value is -2.50. The smallest absolute Gasteiger partial charge is 0.299 e. The standard InChI is InChI=1S/C15H15FN2O3/c1-10-9-14(20)18(15(17-10)21-2)8-7-13(19)11-3-5-12(16)6-4-11/h3-6,9H,7-8H2,1-2H3. The molecule has 0 bridgehead atoms. The number of Topliss-reactive ketones (excluding diaryl/α,β-unsaturated/α-hetero) is 1. The highest BCUT2D eigenvalue weighted by Gasteiger charge is 2.11. The molecule has 1 aromatic carbocycles. The van der Waals surface area contributed by atoms with Crippen LogP contribution in [-0.4, -0.2) is 22.4 Å². The van der Waals surface area contributed by atoms with Crippen LogP contribution in [0.5, 0.6) is 6.01 Å². The predicted molar refractivity (Wildman–Crippen MR) is 75.1 cm³/mol. The van der Waals surface area contributed by atoms with Crippen molar-refractivity contribution in [2.24, 2.45) is 0 Å². The second kappa shape index (κ2) is 6.30. The fourth-order valence-electron chi connectivity index (χ4n) is 1.95. The zero-order valence-corrected chi connectivity index (χ0v) is 11.8. The van der Waals surface area contributed by atoms with E-state index >= 15 is 0 Å². The maximum atomic E-state index is 12.8. The van der Waals surface area contributed by atoms with Crippen LogP contribution in [0.3, 0.4) is 0 Å². The largest absolute Gasteiger partial charge is 0.468 e. The Kier molecular flexibility index (Phi) is 4.47. The van der Waals surface area contributed by atoms with E-state index in [1.807, 2.05) is 0 Å². The first-order chi connectivity index (χ1) is 10.0. The van der Waals surface area contributed by atoms with E-state index in [0.29, 0.717) is 11.3 Å². The van der Waals surface area contributed by atoms with Crippen molar-refractivity contribution in [2.45, 2.75) is 19.9 Å². The van der Waals surface area contributed by atoms with Crippen LogP contribution in [-0.2, 0) is 6.54 Å². The second-order valence-corrected chi connectivity index (χ2v) is 4.55. The summed E-state index contributed by atoms with van der Waals surface area (Å²) < 4.78 is 19.2. The summed E-state index contributed by atoms with van der Waals surface area (Å²) in [6, 6.07) is 6.86. The zero-order chi connectivity index (χ0) is 15.4. The monoisotopic (exact) mass is 290 g/mol. The van der Waals surface area contributed by atoms with Crippen molar-refractivity contribution in [1.82, 2.24) is 9.55 Å². The third kappa shape index (κ3) is 3.53. The summed E-state index contributed by atoms with van der Waals surface area (Å²) in [5.74, 6) is -0.572. The number of halogens is 1. The first-order valence-electron chi connectivity index (χ1n) is 6.42. The molecular weight excluding hydrogens is 275 g/mol. The molecule has 0 spiro atoms. The minimum Gasteiger partial charge on any atom is -0.468 e. The summed E-state index contributed by atoms with van der Waals surface area (Å²) >= 11 is 0. The fourth-order valence-corrected chi connectivity index (χ4v) is 1.95. The van der Waals surface area contributed by atoms with E-state index in [1.165, 1.54) is 42.0 Å². The Balaban J connectivity index is 2.15.